The molecule has 0 spiro atoms. The summed E-state index contributed by atoms with van der Waals surface area (Å²) in [5, 5.41) is 14.9. The van der Waals surface area contributed by atoms with Crippen LogP contribution in [0.3, 0.4) is 0 Å². The van der Waals surface area contributed by atoms with Crippen molar-refractivity contribution >= 4 is 11.4 Å². The van der Waals surface area contributed by atoms with E-state index in [-0.39, 0.29) is 12.6 Å². The molecular weight excluding hydrogens is 166 g/mol. The number of aromatic nitrogens is 1. The molecule has 1 heterocycles. The maximum Gasteiger partial charge on any atom is 0.0630 e. The first-order valence-corrected chi connectivity index (χ1v) is 4.26. The van der Waals surface area contributed by atoms with Gasteiger partial charge in [0.05, 0.1) is 30.4 Å². The molecule has 3 N–H and O–H groups in total. The van der Waals surface area contributed by atoms with Crippen LogP contribution >= 0.6 is 0 Å². The normalized spacial score (nSPS) is 12.2. The second-order valence-electron chi connectivity index (χ2n) is 2.94. The lowest BCUT2D eigenvalue weighted by Gasteiger charge is -2.12. The average Bonchev–Trinajstić information content (AvgIpc) is 2.18. The predicted octanol–water partition coefficient (Wildman–Crippen LogP) is 0.916. The number of aliphatic hydroxyl groups is 1. The van der Waals surface area contributed by atoms with E-state index in [0.29, 0.717) is 0 Å². The number of rotatable bonds is 4. The maximum absolute atomic E-state index is 8.82. The molecule has 0 saturated heterocycles. The van der Waals surface area contributed by atoms with Crippen LogP contribution in [0.15, 0.2) is 18.5 Å². The third-order valence-electron chi connectivity index (χ3n) is 1.71. The van der Waals surface area contributed by atoms with Crippen LogP contribution in [0.25, 0.3) is 0 Å². The first kappa shape index (κ1) is 9.80. The van der Waals surface area contributed by atoms with Crippen LogP contribution in [0.1, 0.15) is 6.92 Å². The van der Waals surface area contributed by atoms with Gasteiger partial charge in [-0.05, 0) is 13.0 Å². The Kier molecular flexibility index (Phi) is 3.52. The summed E-state index contributed by atoms with van der Waals surface area (Å²) in [7, 11) is 1.84. The average molecular weight is 181 g/mol. The van der Waals surface area contributed by atoms with E-state index in [1.165, 1.54) is 0 Å². The van der Waals surface area contributed by atoms with Gasteiger partial charge in [0.25, 0.3) is 0 Å². The van der Waals surface area contributed by atoms with Crippen LogP contribution in [0.4, 0.5) is 11.4 Å². The van der Waals surface area contributed by atoms with E-state index in [2.05, 4.69) is 15.6 Å². The zero-order valence-corrected chi connectivity index (χ0v) is 7.91. The van der Waals surface area contributed by atoms with E-state index in [9.17, 15) is 0 Å². The molecule has 1 rings (SSSR count). The minimum atomic E-state index is 0.0499. The summed E-state index contributed by atoms with van der Waals surface area (Å²) < 4.78 is 0. The van der Waals surface area contributed by atoms with Gasteiger partial charge in [-0.2, -0.15) is 0 Å². The Labute approximate surface area is 78.0 Å². The van der Waals surface area contributed by atoms with Crippen molar-refractivity contribution in [3.63, 3.8) is 0 Å². The van der Waals surface area contributed by atoms with Crippen molar-refractivity contribution < 1.29 is 5.11 Å². The highest BCUT2D eigenvalue weighted by molar-refractivity contribution is 5.53. The molecule has 0 aliphatic rings. The Morgan fingerprint density at radius 1 is 1.46 bits per heavy atom. The van der Waals surface area contributed by atoms with Crippen LogP contribution in [-0.4, -0.2) is 29.8 Å². The number of nitrogens with zero attached hydrogens (tertiary/aromatic N) is 1. The van der Waals surface area contributed by atoms with Gasteiger partial charge in [-0.3, -0.25) is 4.98 Å². The molecule has 1 atom stereocenters. The van der Waals surface area contributed by atoms with Gasteiger partial charge in [0, 0.05) is 13.1 Å². The monoisotopic (exact) mass is 181 g/mol. The molecule has 1 unspecified atom stereocenters. The Morgan fingerprint density at radius 3 is 2.77 bits per heavy atom. The summed E-state index contributed by atoms with van der Waals surface area (Å²) in [6, 6.07) is 1.99. The molecule has 0 saturated carbocycles. The van der Waals surface area contributed by atoms with Crippen molar-refractivity contribution in [3.05, 3.63) is 18.5 Å². The highest BCUT2D eigenvalue weighted by Crippen LogP contribution is 2.12. The predicted molar refractivity (Wildman–Crippen MR) is 54.0 cm³/mol. The largest absolute Gasteiger partial charge is 0.394 e. The number of aliphatic hydroxyl groups excluding tert-OH is 1. The summed E-state index contributed by atoms with van der Waals surface area (Å²) >= 11 is 0. The molecule has 72 valence electrons. The Bertz CT molecular complexity index is 265. The standard InChI is InChI=1S/C9H15N3O/c1-7(6-13)12-9-3-8(10-2)4-11-5-9/h3-5,7,10,12-13H,6H2,1-2H3. The molecule has 1 aromatic rings. The van der Waals surface area contributed by atoms with E-state index >= 15 is 0 Å². The van der Waals surface area contributed by atoms with E-state index in [1.54, 1.807) is 12.4 Å². The van der Waals surface area contributed by atoms with Gasteiger partial charge in [0.2, 0.25) is 0 Å². The number of hydrogen-bond donors (Lipinski definition) is 3. The van der Waals surface area contributed by atoms with Crippen molar-refractivity contribution in [3.8, 4) is 0 Å². The molecule has 1 aromatic heterocycles. The topological polar surface area (TPSA) is 57.2 Å². The first-order chi connectivity index (χ1) is 6.26. The third-order valence-corrected chi connectivity index (χ3v) is 1.71. The van der Waals surface area contributed by atoms with Crippen LogP contribution in [-0.2, 0) is 0 Å². The van der Waals surface area contributed by atoms with E-state index in [4.69, 9.17) is 5.11 Å². The van der Waals surface area contributed by atoms with Gasteiger partial charge in [-0.1, -0.05) is 0 Å². The van der Waals surface area contributed by atoms with Gasteiger partial charge >= 0.3 is 0 Å². The Balaban J connectivity index is 2.66. The maximum atomic E-state index is 8.82. The fraction of sp³-hybridized carbons (Fsp3) is 0.444. The highest BCUT2D eigenvalue weighted by Gasteiger charge is 1.99. The Morgan fingerprint density at radius 2 is 2.15 bits per heavy atom. The van der Waals surface area contributed by atoms with Gasteiger partial charge in [-0.25, -0.2) is 0 Å². The van der Waals surface area contributed by atoms with Crippen molar-refractivity contribution in [1.29, 1.82) is 0 Å². The zero-order chi connectivity index (χ0) is 9.68. The second-order valence-corrected chi connectivity index (χ2v) is 2.94. The van der Waals surface area contributed by atoms with E-state index in [1.807, 2.05) is 20.0 Å². The van der Waals surface area contributed by atoms with Crippen LogP contribution in [0.2, 0.25) is 0 Å². The molecule has 4 nitrogen and oxygen atoms in total. The smallest absolute Gasteiger partial charge is 0.0630 e. The summed E-state index contributed by atoms with van der Waals surface area (Å²) in [6.45, 7) is 2.02. The fourth-order valence-corrected chi connectivity index (χ4v) is 0.986. The summed E-state index contributed by atoms with van der Waals surface area (Å²) in [5.74, 6) is 0. The molecule has 0 aromatic carbocycles. The van der Waals surface area contributed by atoms with Crippen molar-refractivity contribution in [2.75, 3.05) is 24.3 Å². The molecule has 13 heavy (non-hydrogen) atoms. The molecule has 0 bridgehead atoms. The minimum Gasteiger partial charge on any atom is -0.394 e. The zero-order valence-electron chi connectivity index (χ0n) is 7.91. The fourth-order valence-electron chi connectivity index (χ4n) is 0.986. The quantitative estimate of drug-likeness (QED) is 0.646. The van der Waals surface area contributed by atoms with Crippen molar-refractivity contribution in [1.82, 2.24) is 4.98 Å². The molecule has 4 heteroatoms. The number of hydrogen-bond acceptors (Lipinski definition) is 4. The van der Waals surface area contributed by atoms with Gasteiger partial charge in [0.15, 0.2) is 0 Å². The summed E-state index contributed by atoms with van der Waals surface area (Å²) in [6.07, 6.45) is 3.47. The van der Waals surface area contributed by atoms with Gasteiger partial charge in [-0.15, -0.1) is 0 Å². The SMILES string of the molecule is CNc1cncc(NC(C)CO)c1. The number of nitrogens with one attached hydrogen (secondary N) is 2. The van der Waals surface area contributed by atoms with E-state index in [0.717, 1.165) is 11.4 Å². The number of pyridine rings is 1. The van der Waals surface area contributed by atoms with Crippen molar-refractivity contribution in [2.24, 2.45) is 0 Å². The van der Waals surface area contributed by atoms with Crippen molar-refractivity contribution in [2.45, 2.75) is 13.0 Å². The summed E-state index contributed by atoms with van der Waals surface area (Å²) in [5.41, 5.74) is 1.86. The lowest BCUT2D eigenvalue weighted by atomic mass is 10.3. The van der Waals surface area contributed by atoms with Crippen LogP contribution < -0.4 is 10.6 Å². The number of anilines is 2. The third kappa shape index (κ3) is 2.91. The van der Waals surface area contributed by atoms with Crippen LogP contribution in [0.5, 0.6) is 0 Å². The lowest BCUT2D eigenvalue weighted by molar-refractivity contribution is 0.281. The van der Waals surface area contributed by atoms with Gasteiger partial charge < -0.3 is 15.7 Å². The molecule has 0 aliphatic heterocycles. The molecule has 0 fully saturated rings. The summed E-state index contributed by atoms with van der Waals surface area (Å²) in [4.78, 5) is 4.04. The lowest BCUT2D eigenvalue weighted by Crippen LogP contribution is -2.19. The minimum absolute atomic E-state index is 0.0499. The second kappa shape index (κ2) is 4.67. The highest BCUT2D eigenvalue weighted by atomic mass is 16.3. The first-order valence-electron chi connectivity index (χ1n) is 4.26. The Hall–Kier alpha value is -1.29. The molecular formula is C9H15N3O. The van der Waals surface area contributed by atoms with Gasteiger partial charge in [0.1, 0.15) is 0 Å². The van der Waals surface area contributed by atoms with E-state index < -0.39 is 0 Å². The molecule has 0 aliphatic carbocycles. The molecule has 0 radical (unpaired) electrons. The molecule has 0 amide bonds. The van der Waals surface area contributed by atoms with Crippen LogP contribution in [0, 0.1) is 0 Å².